The lowest BCUT2D eigenvalue weighted by molar-refractivity contribution is 0.288. The molecule has 0 bridgehead atoms. The Hall–Kier alpha value is -2.86. The van der Waals surface area contributed by atoms with Crippen molar-refractivity contribution in [3.05, 3.63) is 48.0 Å². The van der Waals surface area contributed by atoms with Crippen LogP contribution in [-0.4, -0.2) is 26.8 Å². The molecule has 23 heavy (non-hydrogen) atoms. The highest BCUT2D eigenvalue weighted by Gasteiger charge is 2.10. The number of benzene rings is 2. The molecule has 1 aromatic heterocycles. The number of phenolic OH excluding ortho intramolecular Hbond substituents is 1. The number of nitrogen functional groups attached to an aromatic ring is 1. The van der Waals surface area contributed by atoms with Crippen LogP contribution in [0.4, 0.5) is 17.3 Å². The third-order valence-electron chi connectivity index (χ3n) is 3.55. The van der Waals surface area contributed by atoms with Crippen molar-refractivity contribution in [3.63, 3.8) is 0 Å². The van der Waals surface area contributed by atoms with E-state index in [2.05, 4.69) is 15.3 Å². The second-order valence-corrected chi connectivity index (χ2v) is 5.24. The summed E-state index contributed by atoms with van der Waals surface area (Å²) in [6.45, 7) is 0.109. The van der Waals surface area contributed by atoms with Crippen LogP contribution >= 0.6 is 0 Å². The van der Waals surface area contributed by atoms with Gasteiger partial charge in [-0.1, -0.05) is 18.2 Å². The van der Waals surface area contributed by atoms with Gasteiger partial charge in [-0.3, -0.25) is 0 Å². The Morgan fingerprint density at radius 2 is 1.78 bits per heavy atom. The molecule has 0 spiro atoms. The zero-order valence-electron chi connectivity index (χ0n) is 12.5. The predicted molar refractivity (Wildman–Crippen MR) is 90.7 cm³/mol. The molecule has 118 valence electrons. The van der Waals surface area contributed by atoms with Gasteiger partial charge in [-0.25, -0.2) is 9.97 Å². The summed E-state index contributed by atoms with van der Waals surface area (Å²) in [7, 11) is 0. The first-order chi connectivity index (χ1) is 11.2. The van der Waals surface area contributed by atoms with Crippen molar-refractivity contribution < 1.29 is 10.2 Å². The molecule has 0 aliphatic carbocycles. The number of nitrogens with zero attached hydrogens (tertiary/aromatic N) is 2. The van der Waals surface area contributed by atoms with E-state index in [1.54, 1.807) is 12.1 Å². The quantitative estimate of drug-likeness (QED) is 0.577. The normalized spacial score (nSPS) is 10.8. The maximum Gasteiger partial charge on any atom is 0.174 e. The lowest BCUT2D eigenvalue weighted by Gasteiger charge is -2.13. The number of nitrogens with two attached hydrogens (primary N) is 1. The molecule has 0 saturated heterocycles. The summed E-state index contributed by atoms with van der Waals surface area (Å²) in [6, 6.07) is 12.5. The Balaban J connectivity index is 1.98. The Bertz CT molecular complexity index is 836. The molecule has 2 aromatic carbocycles. The molecule has 0 radical (unpaired) electrons. The van der Waals surface area contributed by atoms with Gasteiger partial charge in [-0.15, -0.1) is 0 Å². The maximum atomic E-state index is 9.73. The van der Waals surface area contributed by atoms with Crippen LogP contribution in [0, 0.1) is 0 Å². The van der Waals surface area contributed by atoms with E-state index >= 15 is 0 Å². The van der Waals surface area contributed by atoms with E-state index < -0.39 is 0 Å². The summed E-state index contributed by atoms with van der Waals surface area (Å²) in [5.41, 5.74) is 9.12. The van der Waals surface area contributed by atoms with Gasteiger partial charge in [0.25, 0.3) is 0 Å². The highest BCUT2D eigenvalue weighted by Crippen LogP contribution is 2.28. The molecule has 0 fully saturated rings. The summed E-state index contributed by atoms with van der Waals surface area (Å²) in [6.07, 6.45) is 1.32. The van der Waals surface area contributed by atoms with Gasteiger partial charge >= 0.3 is 0 Å². The SMILES string of the molecule is Nc1nc2ccccc2nc1Nc1cc(O)ccc1CCCO. The molecule has 0 atom stereocenters. The number of hydrogen-bond acceptors (Lipinski definition) is 6. The second-order valence-electron chi connectivity index (χ2n) is 5.24. The number of aryl methyl sites for hydroxylation is 1. The number of hydrogen-bond donors (Lipinski definition) is 4. The Kier molecular flexibility index (Phi) is 4.25. The minimum Gasteiger partial charge on any atom is -0.508 e. The molecule has 0 saturated carbocycles. The van der Waals surface area contributed by atoms with Gasteiger partial charge in [0.05, 0.1) is 11.0 Å². The number of nitrogens with one attached hydrogen (secondary N) is 1. The van der Waals surface area contributed by atoms with Crippen molar-refractivity contribution in [2.45, 2.75) is 12.8 Å². The number of aromatic hydroxyl groups is 1. The van der Waals surface area contributed by atoms with Crippen molar-refractivity contribution in [3.8, 4) is 5.75 Å². The molecule has 6 nitrogen and oxygen atoms in total. The first-order valence-corrected chi connectivity index (χ1v) is 7.39. The molecule has 3 rings (SSSR count). The molecule has 0 aliphatic rings. The third kappa shape index (κ3) is 3.32. The number of rotatable bonds is 5. The van der Waals surface area contributed by atoms with E-state index in [-0.39, 0.29) is 12.4 Å². The molecular formula is C17H18N4O2. The van der Waals surface area contributed by atoms with E-state index in [1.165, 1.54) is 0 Å². The summed E-state index contributed by atoms with van der Waals surface area (Å²) in [5.74, 6) is 0.882. The topological polar surface area (TPSA) is 104 Å². The molecular weight excluding hydrogens is 292 g/mol. The fraction of sp³-hybridized carbons (Fsp3) is 0.176. The Morgan fingerprint density at radius 1 is 1.04 bits per heavy atom. The summed E-state index contributed by atoms with van der Waals surface area (Å²) in [4.78, 5) is 8.83. The average molecular weight is 310 g/mol. The number of aliphatic hydroxyl groups is 1. The summed E-state index contributed by atoms with van der Waals surface area (Å²) in [5, 5.41) is 21.9. The molecule has 6 heteroatoms. The first kappa shape index (κ1) is 15.1. The first-order valence-electron chi connectivity index (χ1n) is 7.39. The predicted octanol–water partition coefficient (Wildman–Crippen LogP) is 2.59. The van der Waals surface area contributed by atoms with Crippen molar-refractivity contribution in [1.82, 2.24) is 9.97 Å². The zero-order valence-corrected chi connectivity index (χ0v) is 12.5. The number of aromatic nitrogens is 2. The van der Waals surface area contributed by atoms with E-state index in [1.807, 2.05) is 30.3 Å². The summed E-state index contributed by atoms with van der Waals surface area (Å²) < 4.78 is 0. The minimum absolute atomic E-state index is 0.109. The highest BCUT2D eigenvalue weighted by molar-refractivity contribution is 5.81. The van der Waals surface area contributed by atoms with Crippen LogP contribution in [-0.2, 0) is 6.42 Å². The Morgan fingerprint density at radius 3 is 2.52 bits per heavy atom. The molecule has 3 aromatic rings. The van der Waals surface area contributed by atoms with E-state index in [0.717, 1.165) is 16.6 Å². The molecule has 0 unspecified atom stereocenters. The van der Waals surface area contributed by atoms with Crippen LogP contribution in [0.1, 0.15) is 12.0 Å². The average Bonchev–Trinajstić information content (AvgIpc) is 2.55. The van der Waals surface area contributed by atoms with Crippen LogP contribution < -0.4 is 11.1 Å². The van der Waals surface area contributed by atoms with Crippen molar-refractivity contribution >= 4 is 28.4 Å². The van der Waals surface area contributed by atoms with Crippen molar-refractivity contribution in [2.24, 2.45) is 0 Å². The van der Waals surface area contributed by atoms with E-state index in [4.69, 9.17) is 10.8 Å². The number of aliphatic hydroxyl groups excluding tert-OH is 1. The van der Waals surface area contributed by atoms with Crippen LogP contribution in [0.25, 0.3) is 11.0 Å². The van der Waals surface area contributed by atoms with Gasteiger partial charge in [0.1, 0.15) is 5.75 Å². The number of para-hydroxylation sites is 2. The zero-order chi connectivity index (χ0) is 16.2. The Labute approximate surface area is 133 Å². The van der Waals surface area contributed by atoms with Crippen LogP contribution in [0.15, 0.2) is 42.5 Å². The fourth-order valence-corrected chi connectivity index (χ4v) is 2.40. The van der Waals surface area contributed by atoms with E-state index in [0.29, 0.717) is 30.2 Å². The lowest BCUT2D eigenvalue weighted by Crippen LogP contribution is -2.04. The fourth-order valence-electron chi connectivity index (χ4n) is 2.40. The van der Waals surface area contributed by atoms with Crippen molar-refractivity contribution in [2.75, 3.05) is 17.7 Å². The number of phenols is 1. The van der Waals surface area contributed by atoms with Gasteiger partial charge in [-0.2, -0.15) is 0 Å². The summed E-state index contributed by atoms with van der Waals surface area (Å²) >= 11 is 0. The van der Waals surface area contributed by atoms with Gasteiger partial charge in [0, 0.05) is 18.4 Å². The van der Waals surface area contributed by atoms with Gasteiger partial charge in [0.2, 0.25) is 0 Å². The van der Waals surface area contributed by atoms with Gasteiger partial charge < -0.3 is 21.3 Å². The van der Waals surface area contributed by atoms with Crippen LogP contribution in [0.2, 0.25) is 0 Å². The largest absolute Gasteiger partial charge is 0.508 e. The maximum absolute atomic E-state index is 9.73. The van der Waals surface area contributed by atoms with Gasteiger partial charge in [-0.05, 0) is 36.6 Å². The second kappa shape index (κ2) is 6.50. The number of anilines is 3. The molecule has 5 N–H and O–H groups in total. The molecule has 0 aliphatic heterocycles. The molecule has 0 amide bonds. The van der Waals surface area contributed by atoms with E-state index in [9.17, 15) is 5.11 Å². The standard InChI is InChI=1S/C17H18N4O2/c18-16-17(20-14-6-2-1-5-13(14)19-16)21-15-10-12(23)8-7-11(15)4-3-9-22/h1-2,5-8,10,22-23H,3-4,9H2,(H2,18,19)(H,20,21). The number of fused-ring (bicyclic) bond motifs is 1. The molecule has 1 heterocycles. The highest BCUT2D eigenvalue weighted by atomic mass is 16.3. The monoisotopic (exact) mass is 310 g/mol. The van der Waals surface area contributed by atoms with Crippen LogP contribution in [0.5, 0.6) is 5.75 Å². The van der Waals surface area contributed by atoms with Crippen LogP contribution in [0.3, 0.4) is 0 Å². The minimum atomic E-state index is 0.109. The smallest absolute Gasteiger partial charge is 0.174 e. The lowest BCUT2D eigenvalue weighted by atomic mass is 10.1. The van der Waals surface area contributed by atoms with Gasteiger partial charge in [0.15, 0.2) is 11.6 Å². The van der Waals surface area contributed by atoms with Crippen molar-refractivity contribution in [1.29, 1.82) is 0 Å². The third-order valence-corrected chi connectivity index (χ3v) is 3.55.